The maximum atomic E-state index is 13.0. The lowest BCUT2D eigenvalue weighted by Crippen LogP contribution is -2.31. The zero-order chi connectivity index (χ0) is 24.7. The zero-order valence-corrected chi connectivity index (χ0v) is 19.9. The van der Waals surface area contributed by atoms with Crippen molar-refractivity contribution in [3.63, 3.8) is 0 Å². The molecular weight excluding hydrogens is 452 g/mol. The third-order valence-electron chi connectivity index (χ3n) is 5.41. The van der Waals surface area contributed by atoms with E-state index in [1.165, 1.54) is 17.7 Å². The second kappa shape index (κ2) is 11.6. The quantitative estimate of drug-likeness (QED) is 0.216. The van der Waals surface area contributed by atoms with Gasteiger partial charge in [0, 0.05) is 29.1 Å². The van der Waals surface area contributed by atoms with Crippen molar-refractivity contribution in [3.05, 3.63) is 110 Å². The van der Waals surface area contributed by atoms with Gasteiger partial charge in [0.15, 0.2) is 5.78 Å². The van der Waals surface area contributed by atoms with Gasteiger partial charge in [0.25, 0.3) is 5.69 Å². The molecule has 0 radical (unpaired) electrons. The molecule has 0 bridgehead atoms. The number of ketones is 1. The SMILES string of the molecule is CC(C)Cc1ccc(C(=O)CC(NC(=O)Cc2ccc([N+](=O)[O-])cc2)c2cccc(Cl)c2)cc1. The van der Waals surface area contributed by atoms with Gasteiger partial charge < -0.3 is 5.32 Å². The first kappa shape index (κ1) is 25.1. The van der Waals surface area contributed by atoms with E-state index in [-0.39, 0.29) is 30.2 Å². The molecule has 0 aliphatic rings. The number of hydrogen-bond acceptors (Lipinski definition) is 4. The summed E-state index contributed by atoms with van der Waals surface area (Å²) in [6, 6.07) is 19.9. The summed E-state index contributed by atoms with van der Waals surface area (Å²) in [5.74, 6) is 0.148. The van der Waals surface area contributed by atoms with Crippen LogP contribution in [-0.4, -0.2) is 16.6 Å². The van der Waals surface area contributed by atoms with Gasteiger partial charge in [0.1, 0.15) is 0 Å². The summed E-state index contributed by atoms with van der Waals surface area (Å²) < 4.78 is 0. The minimum Gasteiger partial charge on any atom is -0.349 e. The first-order chi connectivity index (χ1) is 16.2. The van der Waals surface area contributed by atoms with Crippen LogP contribution >= 0.6 is 11.6 Å². The third kappa shape index (κ3) is 7.25. The predicted molar refractivity (Wildman–Crippen MR) is 133 cm³/mol. The van der Waals surface area contributed by atoms with Crippen molar-refractivity contribution in [3.8, 4) is 0 Å². The first-order valence-corrected chi connectivity index (χ1v) is 11.5. The van der Waals surface area contributed by atoms with E-state index >= 15 is 0 Å². The summed E-state index contributed by atoms with van der Waals surface area (Å²) in [5.41, 5.74) is 3.10. The van der Waals surface area contributed by atoms with Crippen LogP contribution in [-0.2, 0) is 17.6 Å². The zero-order valence-electron chi connectivity index (χ0n) is 19.2. The van der Waals surface area contributed by atoms with Gasteiger partial charge >= 0.3 is 0 Å². The number of amides is 1. The fraction of sp³-hybridized carbons (Fsp3) is 0.259. The number of hydrogen-bond donors (Lipinski definition) is 1. The maximum absolute atomic E-state index is 13.0. The molecule has 0 aliphatic carbocycles. The van der Waals surface area contributed by atoms with E-state index in [4.69, 9.17) is 11.6 Å². The number of nitro benzene ring substituents is 1. The topological polar surface area (TPSA) is 89.3 Å². The molecule has 1 amide bonds. The fourth-order valence-corrected chi connectivity index (χ4v) is 3.94. The number of non-ortho nitro benzene ring substituents is 1. The van der Waals surface area contributed by atoms with Gasteiger partial charge in [-0.2, -0.15) is 0 Å². The van der Waals surface area contributed by atoms with Gasteiger partial charge in [-0.15, -0.1) is 0 Å². The van der Waals surface area contributed by atoms with Crippen LogP contribution in [0.5, 0.6) is 0 Å². The van der Waals surface area contributed by atoms with Crippen LogP contribution in [0.15, 0.2) is 72.8 Å². The van der Waals surface area contributed by atoms with Crippen molar-refractivity contribution in [2.45, 2.75) is 39.2 Å². The van der Waals surface area contributed by atoms with E-state index in [9.17, 15) is 19.7 Å². The molecule has 0 saturated heterocycles. The smallest absolute Gasteiger partial charge is 0.269 e. The Morgan fingerprint density at radius 3 is 2.21 bits per heavy atom. The molecule has 6 nitrogen and oxygen atoms in total. The molecule has 0 aromatic heterocycles. The highest BCUT2D eigenvalue weighted by Gasteiger charge is 2.20. The van der Waals surface area contributed by atoms with Crippen molar-refractivity contribution in [1.29, 1.82) is 0 Å². The van der Waals surface area contributed by atoms with E-state index < -0.39 is 11.0 Å². The normalized spacial score (nSPS) is 11.8. The molecule has 1 N–H and O–H groups in total. The van der Waals surface area contributed by atoms with Gasteiger partial charge in [-0.25, -0.2) is 0 Å². The van der Waals surface area contributed by atoms with Crippen molar-refractivity contribution >= 4 is 29.0 Å². The lowest BCUT2D eigenvalue weighted by atomic mass is 9.95. The van der Waals surface area contributed by atoms with Crippen molar-refractivity contribution < 1.29 is 14.5 Å². The summed E-state index contributed by atoms with van der Waals surface area (Å²) in [4.78, 5) is 36.2. The van der Waals surface area contributed by atoms with E-state index in [1.54, 1.807) is 30.3 Å². The molecular formula is C27H27ClN2O4. The van der Waals surface area contributed by atoms with Gasteiger partial charge in [-0.3, -0.25) is 19.7 Å². The Balaban J connectivity index is 1.74. The minimum atomic E-state index is -0.563. The molecule has 176 valence electrons. The standard InChI is InChI=1S/C27H27ClN2O4/c1-18(2)14-19-6-10-21(11-7-19)26(31)17-25(22-4-3-5-23(28)16-22)29-27(32)15-20-8-12-24(13-9-20)30(33)34/h3-13,16,18,25H,14-15,17H2,1-2H3,(H,29,32). The van der Waals surface area contributed by atoms with E-state index in [1.807, 2.05) is 30.3 Å². The lowest BCUT2D eigenvalue weighted by Gasteiger charge is -2.19. The predicted octanol–water partition coefficient (Wildman–Crippen LogP) is 6.12. The number of benzene rings is 3. The van der Waals surface area contributed by atoms with Gasteiger partial charge in [-0.05, 0) is 41.2 Å². The van der Waals surface area contributed by atoms with Crippen LogP contribution in [0.2, 0.25) is 5.02 Å². The highest BCUT2D eigenvalue weighted by molar-refractivity contribution is 6.30. The average molecular weight is 479 g/mol. The van der Waals surface area contributed by atoms with E-state index in [2.05, 4.69) is 19.2 Å². The second-order valence-electron chi connectivity index (χ2n) is 8.70. The second-order valence-corrected chi connectivity index (χ2v) is 9.13. The fourth-order valence-electron chi connectivity index (χ4n) is 3.74. The third-order valence-corrected chi connectivity index (χ3v) is 5.64. The molecule has 0 aliphatic heterocycles. The molecule has 0 spiro atoms. The van der Waals surface area contributed by atoms with Crippen LogP contribution in [0.1, 0.15) is 53.4 Å². The number of nitrogens with zero attached hydrogens (tertiary/aromatic N) is 1. The molecule has 1 atom stereocenters. The van der Waals surface area contributed by atoms with Crippen molar-refractivity contribution in [1.82, 2.24) is 5.32 Å². The van der Waals surface area contributed by atoms with E-state index in [0.29, 0.717) is 22.1 Å². The summed E-state index contributed by atoms with van der Waals surface area (Å²) in [6.45, 7) is 4.29. The Morgan fingerprint density at radius 2 is 1.62 bits per heavy atom. The molecule has 0 saturated carbocycles. The Morgan fingerprint density at radius 1 is 0.971 bits per heavy atom. The maximum Gasteiger partial charge on any atom is 0.269 e. The number of carbonyl (C=O) groups is 2. The molecule has 1 unspecified atom stereocenters. The Bertz CT molecular complexity index is 1160. The van der Waals surface area contributed by atoms with Gasteiger partial charge in [0.05, 0.1) is 17.4 Å². The monoisotopic (exact) mass is 478 g/mol. The summed E-state index contributed by atoms with van der Waals surface area (Å²) in [7, 11) is 0. The summed E-state index contributed by atoms with van der Waals surface area (Å²) >= 11 is 6.16. The molecule has 3 aromatic carbocycles. The average Bonchev–Trinajstić information content (AvgIpc) is 2.79. The number of halogens is 1. The highest BCUT2D eigenvalue weighted by atomic mass is 35.5. The first-order valence-electron chi connectivity index (χ1n) is 11.1. The highest BCUT2D eigenvalue weighted by Crippen LogP contribution is 2.23. The molecule has 0 heterocycles. The Labute approximate surface area is 204 Å². The van der Waals surface area contributed by atoms with Crippen LogP contribution in [0.4, 0.5) is 5.69 Å². The minimum absolute atomic E-state index is 0.0349. The van der Waals surface area contributed by atoms with Crippen LogP contribution < -0.4 is 5.32 Å². The summed E-state index contributed by atoms with van der Waals surface area (Å²) in [5, 5.41) is 14.3. The largest absolute Gasteiger partial charge is 0.349 e. The van der Waals surface area contributed by atoms with Crippen LogP contribution in [0.25, 0.3) is 0 Å². The van der Waals surface area contributed by atoms with Crippen molar-refractivity contribution in [2.75, 3.05) is 0 Å². The van der Waals surface area contributed by atoms with Gasteiger partial charge in [0.2, 0.25) is 5.91 Å². The summed E-state index contributed by atoms with van der Waals surface area (Å²) in [6.07, 6.45) is 1.06. The molecule has 34 heavy (non-hydrogen) atoms. The lowest BCUT2D eigenvalue weighted by molar-refractivity contribution is -0.384. The number of nitrogens with one attached hydrogen (secondary N) is 1. The molecule has 3 rings (SSSR count). The van der Waals surface area contributed by atoms with Gasteiger partial charge in [-0.1, -0.05) is 74.0 Å². The number of Topliss-reactive ketones (excluding diaryl/α,β-unsaturated/α-hetero) is 1. The number of nitro groups is 1. The number of carbonyl (C=O) groups excluding carboxylic acids is 2. The number of rotatable bonds is 10. The van der Waals surface area contributed by atoms with E-state index in [0.717, 1.165) is 12.0 Å². The molecule has 7 heteroatoms. The Hall–Kier alpha value is -3.51. The van der Waals surface area contributed by atoms with Crippen molar-refractivity contribution in [2.24, 2.45) is 5.92 Å². The van der Waals surface area contributed by atoms with Crippen LogP contribution in [0.3, 0.4) is 0 Å². The molecule has 3 aromatic rings. The van der Waals surface area contributed by atoms with Crippen LogP contribution in [0, 0.1) is 16.0 Å². The molecule has 0 fully saturated rings. The Kier molecular flexibility index (Phi) is 8.55.